The number of benzene rings is 1. The van der Waals surface area contributed by atoms with Crippen LogP contribution in [0, 0.1) is 0 Å². The molecule has 1 saturated carbocycles. The summed E-state index contributed by atoms with van der Waals surface area (Å²) in [5, 5.41) is 3.91. The van der Waals surface area contributed by atoms with Crippen molar-refractivity contribution in [1.29, 1.82) is 0 Å². The molecule has 1 aliphatic rings. The summed E-state index contributed by atoms with van der Waals surface area (Å²) in [5.41, 5.74) is 1.92. The number of hydrogen-bond acceptors (Lipinski definition) is 3. The number of nitrogens with one attached hydrogen (secondary N) is 1. The SMILES string of the molecule is Clc1cc(-c2ccccc2)nc(NC2CCCCC2)n1. The van der Waals surface area contributed by atoms with Gasteiger partial charge in [0.15, 0.2) is 0 Å². The third kappa shape index (κ3) is 3.28. The van der Waals surface area contributed by atoms with Crippen molar-refractivity contribution in [3.05, 3.63) is 41.6 Å². The average Bonchev–Trinajstić information content (AvgIpc) is 2.49. The first-order chi connectivity index (χ1) is 9.81. The Kier molecular flexibility index (Phi) is 4.16. The summed E-state index contributed by atoms with van der Waals surface area (Å²) in [6, 6.07) is 12.3. The molecule has 1 heterocycles. The van der Waals surface area contributed by atoms with Gasteiger partial charge in [0.1, 0.15) is 5.15 Å². The highest BCUT2D eigenvalue weighted by Gasteiger charge is 2.15. The van der Waals surface area contributed by atoms with Crippen molar-refractivity contribution in [1.82, 2.24) is 9.97 Å². The van der Waals surface area contributed by atoms with Crippen LogP contribution in [0.1, 0.15) is 32.1 Å². The maximum Gasteiger partial charge on any atom is 0.224 e. The van der Waals surface area contributed by atoms with Gasteiger partial charge in [0.05, 0.1) is 5.69 Å². The van der Waals surface area contributed by atoms with E-state index in [0.717, 1.165) is 11.3 Å². The molecule has 0 aliphatic heterocycles. The number of rotatable bonds is 3. The van der Waals surface area contributed by atoms with Gasteiger partial charge < -0.3 is 5.32 Å². The average molecular weight is 288 g/mol. The minimum Gasteiger partial charge on any atom is -0.351 e. The van der Waals surface area contributed by atoms with E-state index in [1.54, 1.807) is 0 Å². The van der Waals surface area contributed by atoms with E-state index >= 15 is 0 Å². The predicted molar refractivity (Wildman–Crippen MR) is 83.0 cm³/mol. The minimum atomic E-state index is 0.478. The molecule has 4 heteroatoms. The van der Waals surface area contributed by atoms with Crippen LogP contribution in [0.5, 0.6) is 0 Å². The van der Waals surface area contributed by atoms with Crippen molar-refractivity contribution >= 4 is 17.5 Å². The molecule has 0 unspecified atom stereocenters. The van der Waals surface area contributed by atoms with E-state index in [1.807, 2.05) is 36.4 Å². The van der Waals surface area contributed by atoms with E-state index in [0.29, 0.717) is 17.1 Å². The van der Waals surface area contributed by atoms with Gasteiger partial charge in [-0.25, -0.2) is 9.97 Å². The Morgan fingerprint density at radius 2 is 1.75 bits per heavy atom. The molecule has 0 radical (unpaired) electrons. The van der Waals surface area contributed by atoms with Crippen molar-refractivity contribution < 1.29 is 0 Å². The molecule has 20 heavy (non-hydrogen) atoms. The van der Waals surface area contributed by atoms with Crippen molar-refractivity contribution in [3.8, 4) is 11.3 Å². The van der Waals surface area contributed by atoms with E-state index < -0.39 is 0 Å². The molecule has 1 N–H and O–H groups in total. The molecular formula is C16H18ClN3. The van der Waals surface area contributed by atoms with Gasteiger partial charge in [-0.2, -0.15) is 0 Å². The van der Waals surface area contributed by atoms with Gasteiger partial charge in [-0.15, -0.1) is 0 Å². The summed E-state index contributed by atoms with van der Waals surface area (Å²) in [7, 11) is 0. The number of aromatic nitrogens is 2. The highest BCUT2D eigenvalue weighted by molar-refractivity contribution is 6.29. The molecule has 0 saturated heterocycles. The highest BCUT2D eigenvalue weighted by atomic mass is 35.5. The van der Waals surface area contributed by atoms with Crippen LogP contribution in [0.25, 0.3) is 11.3 Å². The Hall–Kier alpha value is -1.61. The molecular weight excluding hydrogens is 270 g/mol. The monoisotopic (exact) mass is 287 g/mol. The quantitative estimate of drug-likeness (QED) is 0.842. The lowest BCUT2D eigenvalue weighted by Gasteiger charge is -2.22. The molecule has 1 fully saturated rings. The summed E-state index contributed by atoms with van der Waals surface area (Å²) >= 11 is 6.13. The summed E-state index contributed by atoms with van der Waals surface area (Å²) in [4.78, 5) is 8.89. The summed E-state index contributed by atoms with van der Waals surface area (Å²) in [6.07, 6.45) is 6.28. The lowest BCUT2D eigenvalue weighted by atomic mass is 9.96. The standard InChI is InChI=1S/C16H18ClN3/c17-15-11-14(12-7-3-1-4-8-12)19-16(20-15)18-13-9-5-2-6-10-13/h1,3-4,7-8,11,13H,2,5-6,9-10H2,(H,18,19,20). The number of hydrogen-bond donors (Lipinski definition) is 1. The second-order valence-corrected chi connectivity index (χ2v) is 5.63. The van der Waals surface area contributed by atoms with Gasteiger partial charge in [0, 0.05) is 17.7 Å². The van der Waals surface area contributed by atoms with Crippen LogP contribution in [0.15, 0.2) is 36.4 Å². The van der Waals surface area contributed by atoms with Crippen molar-refractivity contribution in [2.75, 3.05) is 5.32 Å². The molecule has 0 amide bonds. The van der Waals surface area contributed by atoms with Crippen molar-refractivity contribution in [2.24, 2.45) is 0 Å². The van der Waals surface area contributed by atoms with Gasteiger partial charge in [0.25, 0.3) is 0 Å². The first-order valence-electron chi connectivity index (χ1n) is 7.18. The van der Waals surface area contributed by atoms with Gasteiger partial charge in [-0.05, 0) is 12.8 Å². The topological polar surface area (TPSA) is 37.8 Å². The van der Waals surface area contributed by atoms with E-state index in [1.165, 1.54) is 32.1 Å². The summed E-state index contributed by atoms with van der Waals surface area (Å²) in [5.74, 6) is 0.642. The van der Waals surface area contributed by atoms with Crippen molar-refractivity contribution in [3.63, 3.8) is 0 Å². The van der Waals surface area contributed by atoms with E-state index in [4.69, 9.17) is 11.6 Å². The number of halogens is 1. The largest absolute Gasteiger partial charge is 0.351 e. The van der Waals surface area contributed by atoms with Gasteiger partial charge in [-0.1, -0.05) is 61.2 Å². The first kappa shape index (κ1) is 13.4. The summed E-state index contributed by atoms with van der Waals surface area (Å²) < 4.78 is 0. The van der Waals surface area contributed by atoms with Crippen LogP contribution in [-0.2, 0) is 0 Å². The second-order valence-electron chi connectivity index (χ2n) is 5.24. The summed E-state index contributed by atoms with van der Waals surface area (Å²) in [6.45, 7) is 0. The van der Waals surface area contributed by atoms with Crippen LogP contribution < -0.4 is 5.32 Å². The zero-order chi connectivity index (χ0) is 13.8. The molecule has 1 aromatic heterocycles. The molecule has 3 nitrogen and oxygen atoms in total. The van der Waals surface area contributed by atoms with E-state index in [9.17, 15) is 0 Å². The Bertz CT molecular complexity index is 565. The molecule has 3 rings (SSSR count). The fourth-order valence-electron chi connectivity index (χ4n) is 2.67. The third-order valence-electron chi connectivity index (χ3n) is 3.70. The van der Waals surface area contributed by atoms with Gasteiger partial charge >= 0.3 is 0 Å². The highest BCUT2D eigenvalue weighted by Crippen LogP contribution is 2.24. The lowest BCUT2D eigenvalue weighted by Crippen LogP contribution is -2.23. The number of anilines is 1. The smallest absolute Gasteiger partial charge is 0.224 e. The van der Waals surface area contributed by atoms with E-state index in [-0.39, 0.29) is 0 Å². The van der Waals surface area contributed by atoms with Gasteiger partial charge in [-0.3, -0.25) is 0 Å². The minimum absolute atomic E-state index is 0.478. The molecule has 0 bridgehead atoms. The van der Waals surface area contributed by atoms with Crippen molar-refractivity contribution in [2.45, 2.75) is 38.1 Å². The molecule has 1 aromatic carbocycles. The fraction of sp³-hybridized carbons (Fsp3) is 0.375. The maximum absolute atomic E-state index is 6.13. The fourth-order valence-corrected chi connectivity index (χ4v) is 2.85. The lowest BCUT2D eigenvalue weighted by molar-refractivity contribution is 0.461. The normalized spacial score (nSPS) is 16.1. The Morgan fingerprint density at radius 1 is 1.00 bits per heavy atom. The Balaban J connectivity index is 1.83. The molecule has 0 spiro atoms. The number of nitrogens with zero attached hydrogens (tertiary/aromatic N) is 2. The van der Waals surface area contributed by atoms with Gasteiger partial charge in [0.2, 0.25) is 5.95 Å². The third-order valence-corrected chi connectivity index (χ3v) is 3.90. The van der Waals surface area contributed by atoms with E-state index in [2.05, 4.69) is 15.3 Å². The zero-order valence-electron chi connectivity index (χ0n) is 11.3. The molecule has 104 valence electrons. The Labute approximate surface area is 124 Å². The van der Waals surface area contributed by atoms with Crippen LogP contribution >= 0.6 is 11.6 Å². The van der Waals surface area contributed by atoms with Crippen LogP contribution in [-0.4, -0.2) is 16.0 Å². The molecule has 1 aliphatic carbocycles. The Morgan fingerprint density at radius 3 is 2.50 bits per heavy atom. The maximum atomic E-state index is 6.13. The zero-order valence-corrected chi connectivity index (χ0v) is 12.1. The van der Waals surface area contributed by atoms with Crippen LogP contribution in [0.3, 0.4) is 0 Å². The second kappa shape index (κ2) is 6.23. The van der Waals surface area contributed by atoms with Crippen LogP contribution in [0.4, 0.5) is 5.95 Å². The first-order valence-corrected chi connectivity index (χ1v) is 7.55. The molecule has 0 atom stereocenters. The molecule has 2 aromatic rings. The van der Waals surface area contributed by atoms with Crippen LogP contribution in [0.2, 0.25) is 5.15 Å². The predicted octanol–water partition coefficient (Wildman–Crippen LogP) is 4.54.